The van der Waals surface area contributed by atoms with Crippen LogP contribution in [0, 0.1) is 11.8 Å². The molecular weight excluding hydrogens is 214 g/mol. The molecule has 0 aliphatic rings. The monoisotopic (exact) mass is 231 g/mol. The second-order valence-electron chi connectivity index (χ2n) is 4.67. The van der Waals surface area contributed by atoms with Crippen LogP contribution in [-0.2, 0) is 0 Å². The summed E-state index contributed by atoms with van der Waals surface area (Å²) >= 11 is 0. The standard InChI is InChI=1S/C13H17N3O/c1-13(2,3)16-12(17)11-7-10(5-4-6-14)8-15-9-11/h7-9H,6,14H2,1-3H3,(H,16,17). The van der Waals surface area contributed by atoms with Crippen molar-refractivity contribution < 1.29 is 4.79 Å². The molecule has 1 aromatic rings. The molecule has 0 unspecified atom stereocenters. The average molecular weight is 231 g/mol. The van der Waals surface area contributed by atoms with Crippen LogP contribution in [0.5, 0.6) is 0 Å². The summed E-state index contributed by atoms with van der Waals surface area (Å²) in [5.74, 6) is 5.42. The molecule has 0 aromatic carbocycles. The summed E-state index contributed by atoms with van der Waals surface area (Å²) in [5.41, 5.74) is 6.21. The number of carbonyl (C=O) groups excluding carboxylic acids is 1. The minimum atomic E-state index is -0.268. The predicted molar refractivity (Wildman–Crippen MR) is 67.4 cm³/mol. The van der Waals surface area contributed by atoms with Crippen molar-refractivity contribution in [1.29, 1.82) is 0 Å². The highest BCUT2D eigenvalue weighted by Gasteiger charge is 2.15. The zero-order valence-electron chi connectivity index (χ0n) is 10.4. The Morgan fingerprint density at radius 3 is 2.76 bits per heavy atom. The first-order valence-corrected chi connectivity index (χ1v) is 5.39. The number of aromatic nitrogens is 1. The molecule has 0 aliphatic carbocycles. The fourth-order valence-corrected chi connectivity index (χ4v) is 1.20. The first kappa shape index (κ1) is 13.2. The number of amides is 1. The van der Waals surface area contributed by atoms with E-state index in [1.165, 1.54) is 6.20 Å². The van der Waals surface area contributed by atoms with Gasteiger partial charge in [0.1, 0.15) is 0 Å². The normalized spacial score (nSPS) is 10.4. The van der Waals surface area contributed by atoms with Crippen molar-refractivity contribution in [3.63, 3.8) is 0 Å². The number of hydrogen-bond acceptors (Lipinski definition) is 3. The molecule has 0 atom stereocenters. The Balaban J connectivity index is 2.88. The average Bonchev–Trinajstić information content (AvgIpc) is 2.24. The second kappa shape index (κ2) is 5.46. The number of nitrogens with two attached hydrogens (primary N) is 1. The van der Waals surface area contributed by atoms with Crippen molar-refractivity contribution in [2.24, 2.45) is 5.73 Å². The van der Waals surface area contributed by atoms with E-state index in [9.17, 15) is 4.79 Å². The van der Waals surface area contributed by atoms with Gasteiger partial charge in [-0.2, -0.15) is 0 Å². The molecule has 0 bridgehead atoms. The highest BCUT2D eigenvalue weighted by Crippen LogP contribution is 2.05. The van der Waals surface area contributed by atoms with E-state index in [1.54, 1.807) is 12.3 Å². The minimum absolute atomic E-state index is 0.151. The molecule has 17 heavy (non-hydrogen) atoms. The highest BCUT2D eigenvalue weighted by atomic mass is 16.1. The van der Waals surface area contributed by atoms with Crippen LogP contribution in [-0.4, -0.2) is 23.0 Å². The van der Waals surface area contributed by atoms with Gasteiger partial charge in [0, 0.05) is 23.5 Å². The van der Waals surface area contributed by atoms with Gasteiger partial charge in [0.25, 0.3) is 5.91 Å². The molecule has 4 nitrogen and oxygen atoms in total. The zero-order valence-corrected chi connectivity index (χ0v) is 10.4. The summed E-state index contributed by atoms with van der Waals surface area (Å²) in [6, 6.07) is 1.71. The van der Waals surface area contributed by atoms with E-state index < -0.39 is 0 Å². The fraction of sp³-hybridized carbons (Fsp3) is 0.385. The largest absolute Gasteiger partial charge is 0.347 e. The van der Waals surface area contributed by atoms with Crippen molar-refractivity contribution in [1.82, 2.24) is 10.3 Å². The van der Waals surface area contributed by atoms with E-state index in [4.69, 9.17) is 5.73 Å². The molecule has 3 N–H and O–H groups in total. The van der Waals surface area contributed by atoms with Crippen LogP contribution < -0.4 is 11.1 Å². The lowest BCUT2D eigenvalue weighted by molar-refractivity contribution is 0.0919. The Hall–Kier alpha value is -1.86. The minimum Gasteiger partial charge on any atom is -0.347 e. The lowest BCUT2D eigenvalue weighted by Crippen LogP contribution is -2.40. The van der Waals surface area contributed by atoms with Crippen LogP contribution in [0.1, 0.15) is 36.7 Å². The zero-order chi connectivity index (χ0) is 12.9. The SMILES string of the molecule is CC(C)(C)NC(=O)c1cncc(C#CCN)c1. The maximum absolute atomic E-state index is 11.9. The number of pyridine rings is 1. The van der Waals surface area contributed by atoms with Crippen molar-refractivity contribution in [2.75, 3.05) is 6.54 Å². The van der Waals surface area contributed by atoms with E-state index >= 15 is 0 Å². The number of nitrogens with one attached hydrogen (secondary N) is 1. The van der Waals surface area contributed by atoms with Gasteiger partial charge in [0.2, 0.25) is 0 Å². The van der Waals surface area contributed by atoms with Gasteiger partial charge in [-0.1, -0.05) is 11.8 Å². The summed E-state index contributed by atoms with van der Waals surface area (Å²) in [5, 5.41) is 2.87. The van der Waals surface area contributed by atoms with Gasteiger partial charge in [0.05, 0.1) is 12.1 Å². The van der Waals surface area contributed by atoms with E-state index in [0.717, 1.165) is 0 Å². The molecule has 0 aliphatic heterocycles. The molecule has 0 spiro atoms. The quantitative estimate of drug-likeness (QED) is 0.706. The molecule has 0 fully saturated rings. The molecule has 4 heteroatoms. The third-order valence-corrected chi connectivity index (χ3v) is 1.82. The molecule has 0 saturated carbocycles. The predicted octanol–water partition coefficient (Wildman–Crippen LogP) is 0.920. The maximum Gasteiger partial charge on any atom is 0.253 e. The topological polar surface area (TPSA) is 68.0 Å². The van der Waals surface area contributed by atoms with Crippen molar-refractivity contribution in [3.8, 4) is 11.8 Å². The highest BCUT2D eigenvalue weighted by molar-refractivity contribution is 5.94. The van der Waals surface area contributed by atoms with Crippen LogP contribution >= 0.6 is 0 Å². The molecule has 0 saturated heterocycles. The van der Waals surface area contributed by atoms with Crippen LogP contribution in [0.3, 0.4) is 0 Å². The molecule has 0 radical (unpaired) electrons. The summed E-state index contributed by atoms with van der Waals surface area (Å²) in [6.45, 7) is 6.07. The molecule has 1 aromatic heterocycles. The van der Waals surface area contributed by atoms with Gasteiger partial charge in [0.15, 0.2) is 0 Å². The van der Waals surface area contributed by atoms with Gasteiger partial charge >= 0.3 is 0 Å². The number of hydrogen-bond donors (Lipinski definition) is 2. The van der Waals surface area contributed by atoms with E-state index in [-0.39, 0.29) is 11.4 Å². The Morgan fingerprint density at radius 1 is 1.47 bits per heavy atom. The molecule has 1 rings (SSSR count). The van der Waals surface area contributed by atoms with Crippen molar-refractivity contribution in [3.05, 3.63) is 29.6 Å². The van der Waals surface area contributed by atoms with Gasteiger partial charge in [-0.15, -0.1) is 0 Å². The molecule has 1 heterocycles. The van der Waals surface area contributed by atoms with Crippen LogP contribution in [0.25, 0.3) is 0 Å². The van der Waals surface area contributed by atoms with E-state index in [1.807, 2.05) is 20.8 Å². The summed E-state index contributed by atoms with van der Waals surface area (Å²) in [6.07, 6.45) is 3.13. The molecule has 90 valence electrons. The van der Waals surface area contributed by atoms with E-state index in [2.05, 4.69) is 22.1 Å². The number of nitrogens with zero attached hydrogens (tertiary/aromatic N) is 1. The Kier molecular flexibility index (Phi) is 4.24. The second-order valence-corrected chi connectivity index (χ2v) is 4.67. The maximum atomic E-state index is 11.9. The first-order chi connectivity index (χ1) is 7.92. The lowest BCUT2D eigenvalue weighted by atomic mass is 10.1. The molecule has 1 amide bonds. The van der Waals surface area contributed by atoms with Gasteiger partial charge in [-0.25, -0.2) is 0 Å². The van der Waals surface area contributed by atoms with Crippen molar-refractivity contribution in [2.45, 2.75) is 26.3 Å². The summed E-state index contributed by atoms with van der Waals surface area (Å²) in [7, 11) is 0. The first-order valence-electron chi connectivity index (χ1n) is 5.39. The fourth-order valence-electron chi connectivity index (χ4n) is 1.20. The van der Waals surface area contributed by atoms with Crippen molar-refractivity contribution >= 4 is 5.91 Å². The van der Waals surface area contributed by atoms with Gasteiger partial charge in [-0.3, -0.25) is 9.78 Å². The van der Waals surface area contributed by atoms with Crippen LogP contribution in [0.4, 0.5) is 0 Å². The Morgan fingerprint density at radius 2 is 2.18 bits per heavy atom. The lowest BCUT2D eigenvalue weighted by Gasteiger charge is -2.20. The van der Waals surface area contributed by atoms with Gasteiger partial charge < -0.3 is 11.1 Å². The van der Waals surface area contributed by atoms with Crippen LogP contribution in [0.2, 0.25) is 0 Å². The third-order valence-electron chi connectivity index (χ3n) is 1.82. The van der Waals surface area contributed by atoms with Gasteiger partial charge in [-0.05, 0) is 26.8 Å². The summed E-state index contributed by atoms with van der Waals surface area (Å²) < 4.78 is 0. The number of carbonyl (C=O) groups is 1. The smallest absolute Gasteiger partial charge is 0.253 e. The van der Waals surface area contributed by atoms with E-state index in [0.29, 0.717) is 17.7 Å². The third kappa shape index (κ3) is 4.66. The molecular formula is C13H17N3O. The Bertz CT molecular complexity index is 464. The summed E-state index contributed by atoms with van der Waals surface area (Å²) in [4.78, 5) is 15.8. The Labute approximate surface area is 102 Å². The van der Waals surface area contributed by atoms with Crippen LogP contribution in [0.15, 0.2) is 18.5 Å². The number of rotatable bonds is 1.